The highest BCUT2D eigenvalue weighted by molar-refractivity contribution is 6.35. The fourth-order valence-electron chi connectivity index (χ4n) is 1.35. The molecule has 0 saturated heterocycles. The lowest BCUT2D eigenvalue weighted by Crippen LogP contribution is -1.91. The molecule has 0 unspecified atom stereocenters. The first-order chi connectivity index (χ1) is 6.81. The molecule has 3 heteroatoms. The number of aromatic nitrogens is 1. The van der Waals surface area contributed by atoms with Crippen LogP contribution < -0.4 is 4.74 Å². The van der Waals surface area contributed by atoms with Crippen molar-refractivity contribution >= 4 is 22.5 Å². The van der Waals surface area contributed by atoms with Crippen LogP contribution in [0.25, 0.3) is 10.9 Å². The van der Waals surface area contributed by atoms with E-state index in [4.69, 9.17) is 16.3 Å². The van der Waals surface area contributed by atoms with Crippen molar-refractivity contribution < 1.29 is 4.74 Å². The Morgan fingerprint density at radius 2 is 2.21 bits per heavy atom. The van der Waals surface area contributed by atoms with E-state index >= 15 is 0 Å². The smallest absolute Gasteiger partial charge is 0.121 e. The maximum atomic E-state index is 6.01. The van der Waals surface area contributed by atoms with Gasteiger partial charge in [0.2, 0.25) is 0 Å². The number of nitrogens with zero attached hydrogens (tertiary/aromatic N) is 1. The van der Waals surface area contributed by atoms with Gasteiger partial charge in [-0.1, -0.05) is 11.6 Å². The molecule has 2 nitrogen and oxygen atoms in total. The molecule has 0 aliphatic carbocycles. The highest BCUT2D eigenvalue weighted by atomic mass is 35.5. The molecule has 0 N–H and O–H groups in total. The lowest BCUT2D eigenvalue weighted by Gasteiger charge is -2.04. The van der Waals surface area contributed by atoms with Crippen molar-refractivity contribution in [1.82, 2.24) is 4.98 Å². The molecule has 0 saturated carbocycles. The molecular formula is C11H10ClNO. The number of ether oxygens (including phenoxy) is 1. The number of pyridine rings is 1. The van der Waals surface area contributed by atoms with Gasteiger partial charge in [0, 0.05) is 17.6 Å². The van der Waals surface area contributed by atoms with Gasteiger partial charge < -0.3 is 4.74 Å². The summed E-state index contributed by atoms with van der Waals surface area (Å²) in [6, 6.07) is 7.50. The SMILES string of the molecule is CCOc1ccc2c(Cl)ccnc2c1. The number of halogens is 1. The van der Waals surface area contributed by atoms with Gasteiger partial charge in [0.1, 0.15) is 5.75 Å². The minimum Gasteiger partial charge on any atom is -0.494 e. The fraction of sp³-hybridized carbons (Fsp3) is 0.182. The first kappa shape index (κ1) is 9.28. The van der Waals surface area contributed by atoms with Crippen LogP contribution in [0.1, 0.15) is 6.92 Å². The standard InChI is InChI=1S/C11H10ClNO/c1-2-14-8-3-4-9-10(12)5-6-13-11(9)7-8/h3-7H,2H2,1H3. The molecule has 1 heterocycles. The number of fused-ring (bicyclic) bond motifs is 1. The van der Waals surface area contributed by atoms with Crippen molar-refractivity contribution in [2.45, 2.75) is 6.92 Å². The third-order valence-electron chi connectivity index (χ3n) is 1.97. The number of hydrogen-bond donors (Lipinski definition) is 0. The maximum Gasteiger partial charge on any atom is 0.121 e. The summed E-state index contributed by atoms with van der Waals surface area (Å²) in [6.07, 6.45) is 1.69. The zero-order valence-corrected chi connectivity index (χ0v) is 8.58. The van der Waals surface area contributed by atoms with Crippen molar-refractivity contribution in [1.29, 1.82) is 0 Å². The second-order valence-corrected chi connectivity index (χ2v) is 3.31. The molecule has 0 aliphatic heterocycles. The molecule has 0 radical (unpaired) electrons. The van der Waals surface area contributed by atoms with Gasteiger partial charge in [-0.3, -0.25) is 4.98 Å². The highest BCUT2D eigenvalue weighted by Gasteiger charge is 2.00. The van der Waals surface area contributed by atoms with Crippen molar-refractivity contribution in [3.8, 4) is 5.75 Å². The molecule has 0 spiro atoms. The van der Waals surface area contributed by atoms with Crippen LogP contribution in [0.5, 0.6) is 5.75 Å². The van der Waals surface area contributed by atoms with Crippen LogP contribution in [0.2, 0.25) is 5.02 Å². The molecule has 0 bridgehead atoms. The average Bonchev–Trinajstić information content (AvgIpc) is 2.18. The molecule has 0 fully saturated rings. The van der Waals surface area contributed by atoms with Gasteiger partial charge in [0.05, 0.1) is 17.1 Å². The number of hydrogen-bond acceptors (Lipinski definition) is 2. The summed E-state index contributed by atoms with van der Waals surface area (Å²) in [7, 11) is 0. The van der Waals surface area contributed by atoms with Crippen LogP contribution in [0.4, 0.5) is 0 Å². The Hall–Kier alpha value is -1.28. The summed E-state index contributed by atoms with van der Waals surface area (Å²) in [4.78, 5) is 4.22. The van der Waals surface area contributed by atoms with Gasteiger partial charge in [-0.05, 0) is 25.1 Å². The zero-order valence-electron chi connectivity index (χ0n) is 7.83. The Balaban J connectivity index is 2.56. The largest absolute Gasteiger partial charge is 0.494 e. The molecule has 1 aromatic heterocycles. The Morgan fingerprint density at radius 1 is 1.36 bits per heavy atom. The first-order valence-electron chi connectivity index (χ1n) is 4.48. The van der Waals surface area contributed by atoms with E-state index in [1.807, 2.05) is 25.1 Å². The monoisotopic (exact) mass is 207 g/mol. The Kier molecular flexibility index (Phi) is 2.55. The number of rotatable bonds is 2. The quantitative estimate of drug-likeness (QED) is 0.754. The summed E-state index contributed by atoms with van der Waals surface area (Å²) in [5.74, 6) is 0.828. The van der Waals surface area contributed by atoms with Crippen LogP contribution in [0, 0.1) is 0 Å². The van der Waals surface area contributed by atoms with E-state index in [1.165, 1.54) is 0 Å². The summed E-state index contributed by atoms with van der Waals surface area (Å²) < 4.78 is 5.37. The Labute approximate surface area is 87.5 Å². The van der Waals surface area contributed by atoms with Crippen LogP contribution in [0.3, 0.4) is 0 Å². The van der Waals surface area contributed by atoms with E-state index in [0.717, 1.165) is 21.7 Å². The van der Waals surface area contributed by atoms with Gasteiger partial charge >= 0.3 is 0 Å². The predicted octanol–water partition coefficient (Wildman–Crippen LogP) is 3.29. The summed E-state index contributed by atoms with van der Waals surface area (Å²) in [5, 5.41) is 1.68. The van der Waals surface area contributed by atoms with E-state index < -0.39 is 0 Å². The lowest BCUT2D eigenvalue weighted by molar-refractivity contribution is 0.340. The molecule has 0 atom stereocenters. The zero-order chi connectivity index (χ0) is 9.97. The van der Waals surface area contributed by atoms with E-state index in [-0.39, 0.29) is 0 Å². The minimum absolute atomic E-state index is 0.659. The second-order valence-electron chi connectivity index (χ2n) is 2.90. The average molecular weight is 208 g/mol. The molecule has 72 valence electrons. The van der Waals surface area contributed by atoms with Gasteiger partial charge in [-0.2, -0.15) is 0 Å². The van der Waals surface area contributed by atoms with Crippen molar-refractivity contribution in [2.24, 2.45) is 0 Å². The Morgan fingerprint density at radius 3 is 3.00 bits per heavy atom. The minimum atomic E-state index is 0.659. The molecular weight excluding hydrogens is 198 g/mol. The molecule has 0 amide bonds. The highest BCUT2D eigenvalue weighted by Crippen LogP contribution is 2.24. The molecule has 0 aliphatic rings. The molecule has 1 aromatic carbocycles. The van der Waals surface area contributed by atoms with Gasteiger partial charge in [-0.25, -0.2) is 0 Å². The second kappa shape index (κ2) is 3.84. The van der Waals surface area contributed by atoms with Gasteiger partial charge in [0.15, 0.2) is 0 Å². The van der Waals surface area contributed by atoms with Gasteiger partial charge in [-0.15, -0.1) is 0 Å². The van der Waals surface area contributed by atoms with E-state index in [2.05, 4.69) is 4.98 Å². The normalized spacial score (nSPS) is 10.4. The predicted molar refractivity (Wildman–Crippen MR) is 57.9 cm³/mol. The van der Waals surface area contributed by atoms with Gasteiger partial charge in [0.25, 0.3) is 0 Å². The van der Waals surface area contributed by atoms with Crippen LogP contribution >= 0.6 is 11.6 Å². The van der Waals surface area contributed by atoms with Crippen molar-refractivity contribution in [2.75, 3.05) is 6.61 Å². The number of benzene rings is 1. The van der Waals surface area contributed by atoms with E-state index in [0.29, 0.717) is 6.61 Å². The van der Waals surface area contributed by atoms with E-state index in [1.54, 1.807) is 12.3 Å². The third kappa shape index (κ3) is 1.66. The van der Waals surface area contributed by atoms with Crippen LogP contribution in [-0.4, -0.2) is 11.6 Å². The van der Waals surface area contributed by atoms with E-state index in [9.17, 15) is 0 Å². The fourth-order valence-corrected chi connectivity index (χ4v) is 1.57. The van der Waals surface area contributed by atoms with Crippen molar-refractivity contribution in [3.05, 3.63) is 35.5 Å². The van der Waals surface area contributed by atoms with Crippen LogP contribution in [0.15, 0.2) is 30.5 Å². The maximum absolute atomic E-state index is 6.01. The molecule has 2 aromatic rings. The molecule has 2 rings (SSSR count). The molecule has 14 heavy (non-hydrogen) atoms. The summed E-state index contributed by atoms with van der Waals surface area (Å²) in [5.41, 5.74) is 0.864. The first-order valence-corrected chi connectivity index (χ1v) is 4.86. The summed E-state index contributed by atoms with van der Waals surface area (Å²) >= 11 is 6.01. The third-order valence-corrected chi connectivity index (χ3v) is 2.30. The lowest BCUT2D eigenvalue weighted by atomic mass is 10.2. The van der Waals surface area contributed by atoms with Crippen LogP contribution in [-0.2, 0) is 0 Å². The topological polar surface area (TPSA) is 22.1 Å². The summed E-state index contributed by atoms with van der Waals surface area (Å²) in [6.45, 7) is 2.61. The van der Waals surface area contributed by atoms with Crippen molar-refractivity contribution in [3.63, 3.8) is 0 Å². The Bertz CT molecular complexity index is 456.